The zero-order valence-electron chi connectivity index (χ0n) is 14.6. The van der Waals surface area contributed by atoms with Gasteiger partial charge in [0.05, 0.1) is 28.7 Å². The van der Waals surface area contributed by atoms with E-state index in [0.29, 0.717) is 16.9 Å². The first-order valence-electron chi connectivity index (χ1n) is 8.33. The molecule has 0 bridgehead atoms. The van der Waals surface area contributed by atoms with Crippen molar-refractivity contribution in [3.8, 4) is 0 Å². The molecule has 0 saturated carbocycles. The molecule has 0 aliphatic heterocycles. The molecule has 0 spiro atoms. The van der Waals surface area contributed by atoms with E-state index in [1.54, 1.807) is 24.3 Å². The molecule has 0 atom stereocenters. The van der Waals surface area contributed by atoms with E-state index >= 15 is 0 Å². The minimum Gasteiger partial charge on any atom is -0.322 e. The lowest BCUT2D eigenvalue weighted by atomic mass is 10.1. The molecule has 0 radical (unpaired) electrons. The van der Waals surface area contributed by atoms with Crippen molar-refractivity contribution >= 4 is 34.8 Å². The van der Waals surface area contributed by atoms with E-state index < -0.39 is 5.91 Å². The molecule has 2 aromatic carbocycles. The lowest BCUT2D eigenvalue weighted by molar-refractivity contribution is 0.101. The van der Waals surface area contributed by atoms with Gasteiger partial charge in [-0.25, -0.2) is 9.97 Å². The number of aromatic nitrogens is 2. The van der Waals surface area contributed by atoms with Gasteiger partial charge in [-0.3, -0.25) is 9.59 Å². The third-order valence-corrected chi connectivity index (χ3v) is 4.24. The van der Waals surface area contributed by atoms with Crippen LogP contribution in [-0.4, -0.2) is 21.8 Å². The number of halogens is 1. The van der Waals surface area contributed by atoms with Crippen molar-refractivity contribution in [2.24, 2.45) is 0 Å². The van der Waals surface area contributed by atoms with Crippen LogP contribution in [0.4, 0.5) is 11.4 Å². The first kappa shape index (κ1) is 18.5. The molecule has 3 rings (SSSR count). The van der Waals surface area contributed by atoms with Crippen LogP contribution < -0.4 is 10.6 Å². The summed E-state index contributed by atoms with van der Waals surface area (Å²) in [6.45, 7) is 2.05. The fourth-order valence-electron chi connectivity index (χ4n) is 2.43. The molecule has 0 unspecified atom stereocenters. The fraction of sp³-hybridized carbons (Fsp3) is 0.100. The van der Waals surface area contributed by atoms with Crippen LogP contribution in [0.1, 0.15) is 33.2 Å². The lowest BCUT2D eigenvalue weighted by Gasteiger charge is -2.10. The second-order valence-corrected chi connectivity index (χ2v) is 6.19. The van der Waals surface area contributed by atoms with Gasteiger partial charge in [0.1, 0.15) is 6.33 Å². The largest absolute Gasteiger partial charge is 0.322 e. The maximum absolute atomic E-state index is 12.4. The van der Waals surface area contributed by atoms with Gasteiger partial charge in [0.2, 0.25) is 0 Å². The second kappa shape index (κ2) is 8.42. The van der Waals surface area contributed by atoms with Crippen molar-refractivity contribution in [2.75, 3.05) is 10.6 Å². The quantitative estimate of drug-likeness (QED) is 0.694. The van der Waals surface area contributed by atoms with Crippen LogP contribution >= 0.6 is 11.6 Å². The van der Waals surface area contributed by atoms with Crippen LogP contribution in [0, 0.1) is 0 Å². The number of nitrogens with zero attached hydrogens (tertiary/aromatic N) is 2. The highest BCUT2D eigenvalue weighted by molar-refractivity contribution is 6.34. The fourth-order valence-corrected chi connectivity index (χ4v) is 2.64. The molecular weight excluding hydrogens is 364 g/mol. The number of amides is 2. The number of aryl methyl sites for hydroxylation is 1. The second-order valence-electron chi connectivity index (χ2n) is 5.78. The molecule has 2 amide bonds. The number of hydrogen-bond acceptors (Lipinski definition) is 4. The van der Waals surface area contributed by atoms with Crippen molar-refractivity contribution in [1.82, 2.24) is 9.97 Å². The Balaban J connectivity index is 1.76. The highest BCUT2D eigenvalue weighted by Crippen LogP contribution is 2.22. The molecule has 136 valence electrons. The first-order valence-corrected chi connectivity index (χ1v) is 8.71. The van der Waals surface area contributed by atoms with Crippen LogP contribution in [-0.2, 0) is 6.42 Å². The van der Waals surface area contributed by atoms with Gasteiger partial charge >= 0.3 is 0 Å². The molecular formula is C20H17ClN4O2. The maximum Gasteiger partial charge on any atom is 0.257 e. The Hall–Kier alpha value is -3.25. The van der Waals surface area contributed by atoms with Crippen LogP contribution in [0.5, 0.6) is 0 Å². The summed E-state index contributed by atoms with van der Waals surface area (Å²) in [5.41, 5.74) is 2.85. The Morgan fingerprint density at radius 3 is 2.26 bits per heavy atom. The van der Waals surface area contributed by atoms with Crippen LogP contribution in [0.25, 0.3) is 0 Å². The van der Waals surface area contributed by atoms with Gasteiger partial charge < -0.3 is 10.6 Å². The summed E-state index contributed by atoms with van der Waals surface area (Å²) >= 11 is 6.14. The van der Waals surface area contributed by atoms with Crippen molar-refractivity contribution in [1.29, 1.82) is 0 Å². The van der Waals surface area contributed by atoms with Gasteiger partial charge in [-0.2, -0.15) is 0 Å². The third-order valence-electron chi connectivity index (χ3n) is 3.91. The molecule has 6 nitrogen and oxygen atoms in total. The molecule has 0 aliphatic rings. The summed E-state index contributed by atoms with van der Waals surface area (Å²) < 4.78 is 0. The number of anilines is 2. The molecule has 1 aromatic heterocycles. The normalized spacial score (nSPS) is 10.3. The summed E-state index contributed by atoms with van der Waals surface area (Å²) in [5.74, 6) is -0.680. The summed E-state index contributed by atoms with van der Waals surface area (Å²) in [5, 5.41) is 5.72. The molecule has 27 heavy (non-hydrogen) atoms. The van der Waals surface area contributed by atoms with Crippen molar-refractivity contribution in [3.05, 3.63) is 82.9 Å². The Labute approximate surface area is 161 Å². The van der Waals surface area contributed by atoms with Crippen molar-refractivity contribution in [3.63, 3.8) is 0 Å². The van der Waals surface area contributed by atoms with Gasteiger partial charge in [-0.05, 0) is 42.3 Å². The number of carbonyl (C=O) groups excluding carboxylic acids is 2. The Morgan fingerprint density at radius 1 is 0.926 bits per heavy atom. The van der Waals surface area contributed by atoms with Crippen molar-refractivity contribution < 1.29 is 9.59 Å². The average molecular weight is 381 g/mol. The Kier molecular flexibility index (Phi) is 5.78. The van der Waals surface area contributed by atoms with Gasteiger partial charge in [0.15, 0.2) is 0 Å². The predicted octanol–water partition coefficient (Wildman–Crippen LogP) is 4.20. The Bertz CT molecular complexity index is 959. The standard InChI is InChI=1S/C20H17ClN4O2/c1-2-13-3-5-14(6-4-13)19(26)24-15-7-8-18(21)17(9-15)20(27)25-16-10-22-12-23-11-16/h3-12H,2H2,1H3,(H,24,26)(H,25,27). The molecule has 0 aliphatic carbocycles. The zero-order valence-corrected chi connectivity index (χ0v) is 15.3. The minimum absolute atomic E-state index is 0.236. The number of hydrogen-bond donors (Lipinski definition) is 2. The van der Waals surface area contributed by atoms with E-state index in [2.05, 4.69) is 27.5 Å². The predicted molar refractivity (Wildman–Crippen MR) is 105 cm³/mol. The zero-order chi connectivity index (χ0) is 19.2. The van der Waals surface area contributed by atoms with Crippen LogP contribution in [0.15, 0.2) is 61.2 Å². The smallest absolute Gasteiger partial charge is 0.257 e. The van der Waals surface area contributed by atoms with Gasteiger partial charge in [-0.15, -0.1) is 0 Å². The van der Waals surface area contributed by atoms with Gasteiger partial charge in [0, 0.05) is 11.3 Å². The monoisotopic (exact) mass is 380 g/mol. The minimum atomic E-state index is -0.418. The summed E-state index contributed by atoms with van der Waals surface area (Å²) in [4.78, 5) is 32.5. The molecule has 2 N–H and O–H groups in total. The highest BCUT2D eigenvalue weighted by atomic mass is 35.5. The number of benzene rings is 2. The molecule has 7 heteroatoms. The maximum atomic E-state index is 12.4. The van der Waals surface area contributed by atoms with E-state index in [-0.39, 0.29) is 16.5 Å². The molecule has 3 aromatic rings. The summed E-state index contributed by atoms with van der Waals surface area (Å²) in [7, 11) is 0. The number of nitrogens with one attached hydrogen (secondary N) is 2. The first-order chi connectivity index (χ1) is 13.1. The topological polar surface area (TPSA) is 84.0 Å². The number of rotatable bonds is 5. The number of carbonyl (C=O) groups is 2. The Morgan fingerprint density at radius 2 is 1.59 bits per heavy atom. The SMILES string of the molecule is CCc1ccc(C(=O)Nc2ccc(Cl)c(C(=O)Nc3cncnc3)c2)cc1. The molecule has 1 heterocycles. The van der Waals surface area contributed by atoms with Crippen LogP contribution in [0.3, 0.4) is 0 Å². The molecule has 0 fully saturated rings. The third kappa shape index (κ3) is 4.68. The lowest BCUT2D eigenvalue weighted by Crippen LogP contribution is -2.15. The summed E-state index contributed by atoms with van der Waals surface area (Å²) in [6, 6.07) is 12.1. The van der Waals surface area contributed by atoms with E-state index in [0.717, 1.165) is 12.0 Å². The van der Waals surface area contributed by atoms with Crippen LogP contribution in [0.2, 0.25) is 5.02 Å². The molecule has 0 saturated heterocycles. The van der Waals surface area contributed by atoms with E-state index in [9.17, 15) is 9.59 Å². The highest BCUT2D eigenvalue weighted by Gasteiger charge is 2.13. The van der Waals surface area contributed by atoms with Gasteiger partial charge in [-0.1, -0.05) is 30.7 Å². The van der Waals surface area contributed by atoms with Gasteiger partial charge in [0.25, 0.3) is 11.8 Å². The van der Waals surface area contributed by atoms with E-state index in [1.807, 2.05) is 12.1 Å². The summed E-state index contributed by atoms with van der Waals surface area (Å²) in [6.07, 6.45) is 5.23. The average Bonchev–Trinajstić information content (AvgIpc) is 2.70. The van der Waals surface area contributed by atoms with E-state index in [4.69, 9.17) is 11.6 Å². The van der Waals surface area contributed by atoms with Crippen molar-refractivity contribution in [2.45, 2.75) is 13.3 Å². The van der Waals surface area contributed by atoms with E-state index in [1.165, 1.54) is 24.8 Å².